The summed E-state index contributed by atoms with van der Waals surface area (Å²) in [6, 6.07) is 0. The lowest BCUT2D eigenvalue weighted by Gasteiger charge is -2.32. The molecule has 4 rings (SSSR count). The van der Waals surface area contributed by atoms with E-state index in [0.29, 0.717) is 16.2 Å². The number of hydrogen-bond donors (Lipinski definition) is 0. The lowest BCUT2D eigenvalue weighted by Crippen LogP contribution is -2.19. The first-order chi connectivity index (χ1) is 28.5. The maximum absolute atomic E-state index is 2.39. The van der Waals surface area contributed by atoms with Crippen LogP contribution in [0.2, 0.25) is 0 Å². The van der Waals surface area contributed by atoms with Gasteiger partial charge in [-0.2, -0.15) is 0 Å². The summed E-state index contributed by atoms with van der Waals surface area (Å²) in [7, 11) is 0. The molecule has 0 nitrogen and oxygen atoms in total. The molecule has 4 aliphatic carbocycles. The fourth-order valence-electron chi connectivity index (χ4n) is 4.15. The molecule has 0 amide bonds. The van der Waals surface area contributed by atoms with Gasteiger partial charge in [0.2, 0.25) is 0 Å². The zero-order valence-corrected chi connectivity index (χ0v) is 52.0. The van der Waals surface area contributed by atoms with Crippen LogP contribution in [0.4, 0.5) is 0 Å². The number of rotatable bonds is 2. The average molecular weight is 890 g/mol. The summed E-state index contributed by atoms with van der Waals surface area (Å²) >= 11 is 0. The van der Waals surface area contributed by atoms with Crippen molar-refractivity contribution in [2.75, 3.05) is 0 Å². The van der Waals surface area contributed by atoms with Crippen LogP contribution in [0.15, 0.2) is 0 Å². The molecular weight excluding hydrogens is 745 g/mol. The van der Waals surface area contributed by atoms with Gasteiger partial charge in [-0.05, 0) is 70.5 Å². The Bertz CT molecular complexity index is 608. The largest absolute Gasteiger partial charge is 0.0683 e. The Morgan fingerprint density at radius 1 is 0.403 bits per heavy atom. The van der Waals surface area contributed by atoms with Crippen molar-refractivity contribution in [3.8, 4) is 0 Å². The van der Waals surface area contributed by atoms with Crippen molar-refractivity contribution in [3.63, 3.8) is 0 Å². The molecule has 4 saturated carbocycles. The SMILES string of the molecule is CC.CC.CC.CC.CC(C)(C)C.CC(C)C.CC1CC1.CC1CCC(C)(C)CC1.CC1CCCC1.CC1CCCCC1.CCC.CCC(C)(C)C.CCC(C)C.CCC(C)C. The Hall–Kier alpha value is 0. The van der Waals surface area contributed by atoms with Crippen molar-refractivity contribution in [1.29, 1.82) is 0 Å². The van der Waals surface area contributed by atoms with E-state index in [1.807, 2.05) is 55.4 Å². The molecule has 0 aliphatic heterocycles. The molecule has 0 atom stereocenters. The van der Waals surface area contributed by atoms with Gasteiger partial charge in [0.05, 0.1) is 0 Å². The van der Waals surface area contributed by atoms with E-state index in [0.717, 1.165) is 41.4 Å². The Kier molecular flexibility index (Phi) is 89.8. The van der Waals surface area contributed by atoms with Crippen LogP contribution in [0.3, 0.4) is 0 Å². The standard InChI is InChI=1S/C9H18.C7H14.C6H12.C6H14.3C5H12.C4H8.C4H10.C3H8.4C2H6/c1-8-4-6-9(2,3)7-5-8;1-7-5-3-2-4-6-7;1-6-4-2-3-5-6;1-5-6(2,3)4;1-5(2,3)4;2*1-4-5(2)3;1-4-2-3-4;1-4(2)3;1-3-2;4*1-2/h8H,4-7H2,1-3H3;7H,2-6H2,1H3;6H,2-5H2,1H3;5H2,1-4H3;1-4H3;2*5H,4H2,1-3H3;4H,2-3H2,1H3;4H,1-3H3;3H2,1-2H3;4*1-2H3. The van der Waals surface area contributed by atoms with Gasteiger partial charge in [-0.25, -0.2) is 0 Å². The smallest absolute Gasteiger partial charge is 0.0354 e. The highest BCUT2D eigenvalue weighted by Crippen LogP contribution is 2.37. The van der Waals surface area contributed by atoms with E-state index in [1.165, 1.54) is 122 Å². The molecule has 0 bridgehead atoms. The van der Waals surface area contributed by atoms with Gasteiger partial charge in [0, 0.05) is 0 Å². The maximum Gasteiger partial charge on any atom is -0.0354 e. The fraction of sp³-hybridized carbons (Fsp3) is 1.00. The van der Waals surface area contributed by atoms with Gasteiger partial charge in [0.15, 0.2) is 0 Å². The van der Waals surface area contributed by atoms with Crippen LogP contribution in [0, 0.1) is 57.7 Å². The predicted molar refractivity (Wildman–Crippen MR) is 307 cm³/mol. The van der Waals surface area contributed by atoms with Crippen LogP contribution in [-0.4, -0.2) is 0 Å². The van der Waals surface area contributed by atoms with E-state index in [4.69, 9.17) is 0 Å². The molecule has 0 heterocycles. The van der Waals surface area contributed by atoms with Gasteiger partial charge < -0.3 is 0 Å². The second-order valence-corrected chi connectivity index (χ2v) is 23.1. The Morgan fingerprint density at radius 3 is 0.645 bits per heavy atom. The highest BCUT2D eigenvalue weighted by Gasteiger charge is 2.24. The summed E-state index contributed by atoms with van der Waals surface area (Å²) in [4.78, 5) is 0. The molecule has 62 heavy (non-hydrogen) atoms. The minimum absolute atomic E-state index is 0.500. The topological polar surface area (TPSA) is 0 Å². The van der Waals surface area contributed by atoms with Crippen LogP contribution >= 0.6 is 0 Å². The van der Waals surface area contributed by atoms with Crippen molar-refractivity contribution < 1.29 is 0 Å². The van der Waals surface area contributed by atoms with E-state index in [1.54, 1.807) is 0 Å². The molecule has 0 aromatic carbocycles. The first-order valence-electron chi connectivity index (χ1n) is 28.5. The predicted octanol–water partition coefficient (Wildman–Crippen LogP) is 25.2. The average Bonchev–Trinajstić information content (AvgIpc) is 3.84. The monoisotopic (exact) mass is 889 g/mol. The second kappa shape index (κ2) is 65.3. The quantitative estimate of drug-likeness (QED) is 0.259. The molecule has 4 aliphatic rings. The first-order valence-corrected chi connectivity index (χ1v) is 28.5. The van der Waals surface area contributed by atoms with Gasteiger partial charge in [0.25, 0.3) is 0 Å². The van der Waals surface area contributed by atoms with Gasteiger partial charge >= 0.3 is 0 Å². The molecule has 392 valence electrons. The van der Waals surface area contributed by atoms with Gasteiger partial charge in [-0.1, -0.05) is 338 Å². The minimum Gasteiger partial charge on any atom is -0.0683 e. The molecular formula is C62H144. The molecule has 0 spiro atoms. The lowest BCUT2D eigenvalue weighted by atomic mass is 9.74. The van der Waals surface area contributed by atoms with Crippen molar-refractivity contribution in [1.82, 2.24) is 0 Å². The third-order valence-corrected chi connectivity index (χ3v) is 9.73. The third-order valence-electron chi connectivity index (χ3n) is 9.73. The van der Waals surface area contributed by atoms with Crippen LogP contribution in [0.1, 0.15) is 350 Å². The van der Waals surface area contributed by atoms with Crippen LogP contribution < -0.4 is 0 Å². The molecule has 4 fully saturated rings. The van der Waals surface area contributed by atoms with E-state index in [2.05, 4.69) is 173 Å². The highest BCUT2D eigenvalue weighted by molar-refractivity contribution is 4.76. The zero-order chi connectivity index (χ0) is 52.0. The first kappa shape index (κ1) is 85.3. The molecule has 0 saturated heterocycles. The Labute approximate surface area is 406 Å². The van der Waals surface area contributed by atoms with Crippen LogP contribution in [0.5, 0.6) is 0 Å². The molecule has 0 heteroatoms. The van der Waals surface area contributed by atoms with Crippen molar-refractivity contribution in [3.05, 3.63) is 0 Å². The highest BCUT2D eigenvalue weighted by atomic mass is 14.3. The summed E-state index contributed by atoms with van der Waals surface area (Å²) in [5.41, 5.74) is 1.70. The van der Waals surface area contributed by atoms with E-state index in [-0.39, 0.29) is 0 Å². The Morgan fingerprint density at radius 2 is 0.565 bits per heavy atom. The third kappa shape index (κ3) is 153. The van der Waals surface area contributed by atoms with Gasteiger partial charge in [-0.15, -0.1) is 0 Å². The van der Waals surface area contributed by atoms with E-state index in [9.17, 15) is 0 Å². The summed E-state index contributed by atoms with van der Waals surface area (Å²) in [6.45, 7) is 71.8. The Balaban J connectivity index is -0.0000000601. The summed E-state index contributed by atoms with van der Waals surface area (Å²) in [5.74, 6) is 6.77. The van der Waals surface area contributed by atoms with Crippen molar-refractivity contribution in [2.24, 2.45) is 57.7 Å². The van der Waals surface area contributed by atoms with Crippen molar-refractivity contribution in [2.45, 2.75) is 350 Å². The van der Waals surface area contributed by atoms with Gasteiger partial charge in [-0.3, -0.25) is 0 Å². The van der Waals surface area contributed by atoms with E-state index >= 15 is 0 Å². The lowest BCUT2D eigenvalue weighted by molar-refractivity contribution is 0.201. The zero-order valence-electron chi connectivity index (χ0n) is 52.0. The van der Waals surface area contributed by atoms with Crippen molar-refractivity contribution >= 4 is 0 Å². The second-order valence-electron chi connectivity index (χ2n) is 23.1. The molecule has 0 unspecified atom stereocenters. The van der Waals surface area contributed by atoms with Gasteiger partial charge in [0.1, 0.15) is 0 Å². The van der Waals surface area contributed by atoms with Crippen LogP contribution in [-0.2, 0) is 0 Å². The molecule has 0 aromatic heterocycles. The summed E-state index contributed by atoms with van der Waals surface area (Å²) in [6.07, 6.45) is 27.3. The fourth-order valence-corrected chi connectivity index (χ4v) is 4.15. The summed E-state index contributed by atoms with van der Waals surface area (Å²) in [5, 5.41) is 0. The molecule has 0 radical (unpaired) electrons. The minimum atomic E-state index is 0.500. The van der Waals surface area contributed by atoms with E-state index < -0.39 is 0 Å². The van der Waals surface area contributed by atoms with Crippen LogP contribution in [0.25, 0.3) is 0 Å². The number of hydrogen-bond acceptors (Lipinski definition) is 0. The molecule has 0 N–H and O–H groups in total. The maximum atomic E-state index is 2.39. The normalized spacial score (nSPS) is 16.1. The summed E-state index contributed by atoms with van der Waals surface area (Å²) < 4.78 is 0. The molecule has 0 aromatic rings.